The van der Waals surface area contributed by atoms with Gasteiger partial charge in [0, 0.05) is 12.1 Å². The van der Waals surface area contributed by atoms with Crippen molar-refractivity contribution in [1.82, 2.24) is 15.5 Å². The van der Waals surface area contributed by atoms with Crippen LogP contribution in [-0.2, 0) is 6.54 Å². The Morgan fingerprint density at radius 3 is 2.64 bits per heavy atom. The highest BCUT2D eigenvalue weighted by Gasteiger charge is 2.57. The van der Waals surface area contributed by atoms with E-state index in [1.807, 2.05) is 0 Å². The Bertz CT molecular complexity index is 650. The van der Waals surface area contributed by atoms with Crippen molar-refractivity contribution < 1.29 is 0 Å². The Morgan fingerprint density at radius 1 is 1.09 bits per heavy atom. The lowest BCUT2D eigenvalue weighted by Gasteiger charge is -2.34. The Morgan fingerprint density at radius 2 is 1.95 bits per heavy atom. The van der Waals surface area contributed by atoms with Crippen LogP contribution in [-0.4, -0.2) is 15.7 Å². The lowest BCUT2D eigenvalue weighted by molar-refractivity contribution is 0.232. The zero-order chi connectivity index (χ0) is 14.6. The molecule has 3 nitrogen and oxygen atoms in total. The largest absolute Gasteiger partial charge is 0.305 e. The highest BCUT2D eigenvalue weighted by atomic mass is 32.1. The number of nitrogens with zero attached hydrogens (tertiary/aromatic N) is 2. The van der Waals surface area contributed by atoms with Crippen LogP contribution in [0.5, 0.6) is 0 Å². The minimum Gasteiger partial charge on any atom is -0.305 e. The molecule has 0 radical (unpaired) electrons. The molecule has 0 aliphatic heterocycles. The molecule has 2 atom stereocenters. The summed E-state index contributed by atoms with van der Waals surface area (Å²) < 4.78 is 0. The van der Waals surface area contributed by atoms with E-state index in [-0.39, 0.29) is 0 Å². The number of nitrogens with one attached hydrogen (secondary N) is 1. The summed E-state index contributed by atoms with van der Waals surface area (Å²) in [6.45, 7) is 0.869. The first-order chi connectivity index (χ1) is 10.8. The summed E-state index contributed by atoms with van der Waals surface area (Å²) in [6, 6.07) is 8.39. The zero-order valence-corrected chi connectivity index (χ0v) is 13.5. The van der Waals surface area contributed by atoms with E-state index in [1.54, 1.807) is 11.3 Å². The topological polar surface area (TPSA) is 37.8 Å². The van der Waals surface area contributed by atoms with Crippen molar-refractivity contribution >= 4 is 11.3 Å². The number of aromatic nitrogens is 2. The fourth-order valence-electron chi connectivity index (χ4n) is 5.36. The van der Waals surface area contributed by atoms with Gasteiger partial charge in [0.2, 0.25) is 0 Å². The van der Waals surface area contributed by atoms with Gasteiger partial charge in [-0.2, -0.15) is 5.10 Å². The number of hydrogen-bond acceptors (Lipinski definition) is 4. The second-order valence-corrected chi connectivity index (χ2v) is 8.39. The van der Waals surface area contributed by atoms with Crippen LogP contribution in [0.15, 0.2) is 29.6 Å². The molecule has 0 aromatic carbocycles. The minimum absolute atomic E-state index is 0.432. The fourth-order valence-corrected chi connectivity index (χ4v) is 6.05. The van der Waals surface area contributed by atoms with Crippen LogP contribution in [0, 0.1) is 17.8 Å². The van der Waals surface area contributed by atoms with Gasteiger partial charge in [0.1, 0.15) is 5.69 Å². The molecule has 0 saturated heterocycles. The molecule has 0 amide bonds. The average Bonchev–Trinajstić information content (AvgIpc) is 3.20. The summed E-state index contributed by atoms with van der Waals surface area (Å²) in [6.07, 6.45) is 7.22. The number of thiophene rings is 1. The second kappa shape index (κ2) is 4.87. The molecule has 22 heavy (non-hydrogen) atoms. The van der Waals surface area contributed by atoms with Gasteiger partial charge in [-0.3, -0.25) is 0 Å². The maximum atomic E-state index is 4.43. The normalized spacial score (nSPS) is 35.4. The third kappa shape index (κ3) is 2.04. The highest BCUT2D eigenvalue weighted by molar-refractivity contribution is 7.13. The van der Waals surface area contributed by atoms with Crippen molar-refractivity contribution in [3.8, 4) is 10.6 Å². The van der Waals surface area contributed by atoms with Gasteiger partial charge >= 0.3 is 0 Å². The molecule has 4 bridgehead atoms. The van der Waals surface area contributed by atoms with E-state index in [0.29, 0.717) is 5.54 Å². The predicted molar refractivity (Wildman–Crippen MR) is 88.5 cm³/mol. The van der Waals surface area contributed by atoms with Crippen LogP contribution in [0.4, 0.5) is 0 Å². The van der Waals surface area contributed by atoms with E-state index in [4.69, 9.17) is 0 Å². The standard InChI is InChI=1S/C18H21N3S/c1-2-17(22-5-1)16-4-3-15(20-21-16)11-19-18-9-12-6-13(10-18)8-14(18)7-12/h1-5,12-14,19H,6-11H2. The van der Waals surface area contributed by atoms with Gasteiger partial charge < -0.3 is 5.32 Å². The van der Waals surface area contributed by atoms with Crippen LogP contribution < -0.4 is 5.32 Å². The molecule has 4 saturated carbocycles. The first kappa shape index (κ1) is 13.2. The Kier molecular flexibility index (Phi) is 2.92. The van der Waals surface area contributed by atoms with Crippen LogP contribution in [0.2, 0.25) is 0 Å². The summed E-state index contributed by atoms with van der Waals surface area (Å²) in [4.78, 5) is 1.19. The van der Waals surface area contributed by atoms with E-state index in [1.165, 1.54) is 37.0 Å². The van der Waals surface area contributed by atoms with Gasteiger partial charge in [-0.25, -0.2) is 0 Å². The molecule has 4 fully saturated rings. The number of rotatable bonds is 4. The summed E-state index contributed by atoms with van der Waals surface area (Å²) in [5, 5.41) is 14.8. The molecule has 4 aliphatic carbocycles. The van der Waals surface area contributed by atoms with E-state index in [2.05, 4.69) is 45.2 Å². The Labute approximate surface area is 135 Å². The molecule has 2 heterocycles. The van der Waals surface area contributed by atoms with Gasteiger partial charge in [0.15, 0.2) is 0 Å². The molecule has 1 N–H and O–H groups in total. The monoisotopic (exact) mass is 311 g/mol. The van der Waals surface area contributed by atoms with Crippen molar-refractivity contribution in [2.45, 2.75) is 44.2 Å². The van der Waals surface area contributed by atoms with Crippen molar-refractivity contribution in [2.75, 3.05) is 0 Å². The summed E-state index contributed by atoms with van der Waals surface area (Å²) in [5.74, 6) is 2.92. The van der Waals surface area contributed by atoms with E-state index < -0.39 is 0 Å². The van der Waals surface area contributed by atoms with E-state index in [9.17, 15) is 0 Å². The molecule has 2 unspecified atom stereocenters. The number of hydrogen-bond donors (Lipinski definition) is 1. The van der Waals surface area contributed by atoms with Crippen molar-refractivity contribution in [3.63, 3.8) is 0 Å². The van der Waals surface area contributed by atoms with Crippen LogP contribution >= 0.6 is 11.3 Å². The minimum atomic E-state index is 0.432. The average molecular weight is 311 g/mol. The van der Waals surface area contributed by atoms with Gasteiger partial charge in [0.25, 0.3) is 0 Å². The second-order valence-electron chi connectivity index (χ2n) is 7.44. The third-order valence-electron chi connectivity index (χ3n) is 6.10. The van der Waals surface area contributed by atoms with Crippen molar-refractivity contribution in [1.29, 1.82) is 0 Å². The lowest BCUT2D eigenvalue weighted by atomic mass is 9.80. The molecular formula is C18H21N3S. The Balaban J connectivity index is 1.29. The van der Waals surface area contributed by atoms with Crippen LogP contribution in [0.25, 0.3) is 10.6 Å². The fraction of sp³-hybridized carbons (Fsp3) is 0.556. The first-order valence-electron chi connectivity index (χ1n) is 8.42. The zero-order valence-electron chi connectivity index (χ0n) is 12.7. The van der Waals surface area contributed by atoms with Gasteiger partial charge in [-0.05, 0) is 73.4 Å². The SMILES string of the molecule is c1csc(-c2ccc(CNC34CC5CC(CC3C5)C4)nn2)c1. The molecule has 6 rings (SSSR count). The third-order valence-corrected chi connectivity index (χ3v) is 7.00. The van der Waals surface area contributed by atoms with Crippen LogP contribution in [0.3, 0.4) is 0 Å². The maximum Gasteiger partial charge on any atom is 0.103 e. The Hall–Kier alpha value is -1.26. The molecular weight excluding hydrogens is 290 g/mol. The first-order valence-corrected chi connectivity index (χ1v) is 9.30. The van der Waals surface area contributed by atoms with E-state index in [0.717, 1.165) is 35.7 Å². The summed E-state index contributed by atoms with van der Waals surface area (Å²) in [5.41, 5.74) is 2.49. The predicted octanol–water partition coefficient (Wildman–Crippen LogP) is 3.87. The summed E-state index contributed by atoms with van der Waals surface area (Å²) >= 11 is 1.71. The molecule has 4 aliphatic rings. The smallest absolute Gasteiger partial charge is 0.103 e. The molecule has 2 aromatic rings. The van der Waals surface area contributed by atoms with Gasteiger partial charge in [0.05, 0.1) is 10.6 Å². The molecule has 114 valence electrons. The summed E-state index contributed by atoms with van der Waals surface area (Å²) in [7, 11) is 0. The van der Waals surface area contributed by atoms with Crippen molar-refractivity contribution in [3.05, 3.63) is 35.3 Å². The van der Waals surface area contributed by atoms with Crippen LogP contribution in [0.1, 0.15) is 37.8 Å². The van der Waals surface area contributed by atoms with Gasteiger partial charge in [-0.1, -0.05) is 6.07 Å². The quantitative estimate of drug-likeness (QED) is 0.931. The van der Waals surface area contributed by atoms with Crippen molar-refractivity contribution in [2.24, 2.45) is 17.8 Å². The highest BCUT2D eigenvalue weighted by Crippen LogP contribution is 2.60. The molecule has 2 aromatic heterocycles. The van der Waals surface area contributed by atoms with E-state index >= 15 is 0 Å². The molecule has 4 heteroatoms. The lowest BCUT2D eigenvalue weighted by Crippen LogP contribution is -2.45. The molecule has 0 spiro atoms. The maximum absolute atomic E-state index is 4.43. The van der Waals surface area contributed by atoms with Gasteiger partial charge in [-0.15, -0.1) is 16.4 Å².